The molecule has 1 aromatic carbocycles. The molecule has 0 fully saturated rings. The molecule has 0 radical (unpaired) electrons. The van der Waals surface area contributed by atoms with Gasteiger partial charge in [0.2, 0.25) is 5.75 Å². The van der Waals surface area contributed by atoms with Crippen LogP contribution in [0.5, 0.6) is 17.4 Å². The molecule has 0 unspecified atom stereocenters. The lowest BCUT2D eigenvalue weighted by Gasteiger charge is -2.11. The number of nitrogen functional groups attached to an aromatic ring is 1. The van der Waals surface area contributed by atoms with E-state index in [2.05, 4.69) is 20.4 Å². The van der Waals surface area contributed by atoms with Crippen molar-refractivity contribution in [3.05, 3.63) is 42.9 Å². The summed E-state index contributed by atoms with van der Waals surface area (Å²) in [6, 6.07) is 9.64. The van der Waals surface area contributed by atoms with Crippen molar-refractivity contribution in [1.82, 2.24) is 15.0 Å². The number of anilines is 1. The van der Waals surface area contributed by atoms with Gasteiger partial charge in [-0.2, -0.15) is 4.98 Å². The first kappa shape index (κ1) is 13.1. The molecule has 2 aromatic heterocycles. The van der Waals surface area contributed by atoms with Crippen LogP contribution in [0.15, 0.2) is 42.9 Å². The maximum absolute atomic E-state index is 5.72. The fraction of sp³-hybridized carbons (Fsp3) is 0.0714. The SMILES string of the molecule is COc1c(NN)ncnc1Oc1cnc2ccccc2c1. The fourth-order valence-electron chi connectivity index (χ4n) is 1.94. The third-order valence-electron chi connectivity index (χ3n) is 2.89. The van der Waals surface area contributed by atoms with Crippen LogP contribution in [0.4, 0.5) is 5.82 Å². The van der Waals surface area contributed by atoms with E-state index in [1.54, 1.807) is 6.20 Å². The minimum atomic E-state index is 0.262. The van der Waals surface area contributed by atoms with Gasteiger partial charge in [0, 0.05) is 5.39 Å². The number of hydrazine groups is 1. The summed E-state index contributed by atoms with van der Waals surface area (Å²) >= 11 is 0. The molecule has 7 heteroatoms. The molecule has 0 spiro atoms. The Morgan fingerprint density at radius 2 is 2.00 bits per heavy atom. The van der Waals surface area contributed by atoms with Gasteiger partial charge in [-0.3, -0.25) is 4.98 Å². The standard InChI is InChI=1S/C14H13N5O2/c1-20-12-13(19-15)17-8-18-14(12)21-10-6-9-4-2-3-5-11(9)16-7-10/h2-8H,15H2,1H3,(H,17,18,19). The van der Waals surface area contributed by atoms with E-state index < -0.39 is 0 Å². The maximum Gasteiger partial charge on any atom is 0.268 e. The normalized spacial score (nSPS) is 10.4. The molecule has 0 aliphatic heterocycles. The van der Waals surface area contributed by atoms with E-state index >= 15 is 0 Å². The van der Waals surface area contributed by atoms with Crippen LogP contribution >= 0.6 is 0 Å². The van der Waals surface area contributed by atoms with Gasteiger partial charge in [-0.25, -0.2) is 10.8 Å². The maximum atomic E-state index is 5.72. The third kappa shape index (κ3) is 2.54. The summed E-state index contributed by atoms with van der Waals surface area (Å²) in [7, 11) is 1.49. The van der Waals surface area contributed by atoms with Gasteiger partial charge in [0.25, 0.3) is 5.88 Å². The van der Waals surface area contributed by atoms with Crippen LogP contribution < -0.4 is 20.7 Å². The molecule has 21 heavy (non-hydrogen) atoms. The second-order valence-corrected chi connectivity index (χ2v) is 4.17. The Bertz CT molecular complexity index is 778. The molecule has 0 aliphatic carbocycles. The van der Waals surface area contributed by atoms with Gasteiger partial charge < -0.3 is 14.9 Å². The molecule has 3 rings (SSSR count). The number of aromatic nitrogens is 3. The molecule has 0 aliphatic rings. The van der Waals surface area contributed by atoms with Crippen molar-refractivity contribution in [2.75, 3.05) is 12.5 Å². The highest BCUT2D eigenvalue weighted by molar-refractivity contribution is 5.79. The first-order valence-electron chi connectivity index (χ1n) is 6.20. The number of hydrogen-bond donors (Lipinski definition) is 2. The summed E-state index contributed by atoms with van der Waals surface area (Å²) in [6.07, 6.45) is 2.96. The molecule has 3 N–H and O–H groups in total. The van der Waals surface area contributed by atoms with Crippen molar-refractivity contribution in [2.45, 2.75) is 0 Å². The van der Waals surface area contributed by atoms with Gasteiger partial charge in [0.05, 0.1) is 18.8 Å². The summed E-state index contributed by atoms with van der Waals surface area (Å²) in [5, 5.41) is 0.972. The Labute approximate surface area is 120 Å². The van der Waals surface area contributed by atoms with Gasteiger partial charge in [-0.15, -0.1) is 0 Å². The van der Waals surface area contributed by atoms with Crippen molar-refractivity contribution in [1.29, 1.82) is 0 Å². The smallest absolute Gasteiger partial charge is 0.268 e. The Hall–Kier alpha value is -2.93. The number of pyridine rings is 1. The average molecular weight is 283 g/mol. The number of nitrogens with zero attached hydrogens (tertiary/aromatic N) is 3. The van der Waals surface area contributed by atoms with E-state index in [-0.39, 0.29) is 5.88 Å². The zero-order valence-electron chi connectivity index (χ0n) is 11.3. The Morgan fingerprint density at radius 3 is 2.81 bits per heavy atom. The highest BCUT2D eigenvalue weighted by atomic mass is 16.5. The minimum absolute atomic E-state index is 0.262. The average Bonchev–Trinajstić information content (AvgIpc) is 2.54. The number of methoxy groups -OCH3 is 1. The fourth-order valence-corrected chi connectivity index (χ4v) is 1.94. The Morgan fingerprint density at radius 1 is 1.14 bits per heavy atom. The first-order valence-corrected chi connectivity index (χ1v) is 6.20. The minimum Gasteiger partial charge on any atom is -0.489 e. The molecule has 0 saturated carbocycles. The van der Waals surface area contributed by atoms with Crippen LogP contribution in [0.3, 0.4) is 0 Å². The van der Waals surface area contributed by atoms with Crippen LogP contribution in [0.1, 0.15) is 0 Å². The lowest BCUT2D eigenvalue weighted by atomic mass is 10.2. The quantitative estimate of drug-likeness (QED) is 0.559. The van der Waals surface area contributed by atoms with Gasteiger partial charge in [-0.05, 0) is 12.1 Å². The Kier molecular flexibility index (Phi) is 3.48. The monoisotopic (exact) mass is 283 g/mol. The van der Waals surface area contributed by atoms with Crippen LogP contribution in [-0.2, 0) is 0 Å². The molecule has 2 heterocycles. The number of hydrogen-bond acceptors (Lipinski definition) is 7. The van der Waals surface area contributed by atoms with Gasteiger partial charge in [0.15, 0.2) is 5.82 Å². The van der Waals surface area contributed by atoms with Crippen LogP contribution in [0.2, 0.25) is 0 Å². The van der Waals surface area contributed by atoms with Gasteiger partial charge in [-0.1, -0.05) is 18.2 Å². The molecule has 106 valence electrons. The van der Waals surface area contributed by atoms with E-state index in [0.29, 0.717) is 17.3 Å². The van der Waals surface area contributed by atoms with Crippen molar-refractivity contribution >= 4 is 16.7 Å². The van der Waals surface area contributed by atoms with E-state index in [9.17, 15) is 0 Å². The molecular formula is C14H13N5O2. The summed E-state index contributed by atoms with van der Waals surface area (Å²) in [5.41, 5.74) is 3.32. The van der Waals surface area contributed by atoms with E-state index in [1.807, 2.05) is 30.3 Å². The van der Waals surface area contributed by atoms with Gasteiger partial charge in [0.1, 0.15) is 12.1 Å². The first-order chi connectivity index (χ1) is 10.3. The van der Waals surface area contributed by atoms with Crippen molar-refractivity contribution < 1.29 is 9.47 Å². The largest absolute Gasteiger partial charge is 0.489 e. The second kappa shape index (κ2) is 5.59. The van der Waals surface area contributed by atoms with Crippen molar-refractivity contribution in [2.24, 2.45) is 5.84 Å². The predicted octanol–water partition coefficient (Wildman–Crippen LogP) is 2.11. The highest BCUT2D eigenvalue weighted by Crippen LogP contribution is 2.33. The number of ether oxygens (including phenoxy) is 2. The summed E-state index contributed by atoms with van der Waals surface area (Å²) < 4.78 is 10.9. The number of rotatable bonds is 4. The molecule has 0 atom stereocenters. The second-order valence-electron chi connectivity index (χ2n) is 4.17. The zero-order chi connectivity index (χ0) is 14.7. The third-order valence-corrected chi connectivity index (χ3v) is 2.89. The molecule has 7 nitrogen and oxygen atoms in total. The van der Waals surface area contributed by atoms with Crippen LogP contribution in [0.25, 0.3) is 10.9 Å². The van der Waals surface area contributed by atoms with E-state index in [0.717, 1.165) is 10.9 Å². The van der Waals surface area contributed by atoms with Crippen LogP contribution in [-0.4, -0.2) is 22.1 Å². The zero-order valence-corrected chi connectivity index (χ0v) is 11.3. The van der Waals surface area contributed by atoms with Crippen molar-refractivity contribution in [3.63, 3.8) is 0 Å². The summed E-state index contributed by atoms with van der Waals surface area (Å²) in [4.78, 5) is 12.3. The number of nitrogens with one attached hydrogen (secondary N) is 1. The highest BCUT2D eigenvalue weighted by Gasteiger charge is 2.13. The number of nitrogens with two attached hydrogens (primary N) is 1. The predicted molar refractivity (Wildman–Crippen MR) is 78.2 cm³/mol. The van der Waals surface area contributed by atoms with Gasteiger partial charge >= 0.3 is 0 Å². The number of benzene rings is 1. The van der Waals surface area contributed by atoms with Crippen molar-refractivity contribution in [3.8, 4) is 17.4 Å². The number of fused-ring (bicyclic) bond motifs is 1. The summed E-state index contributed by atoms with van der Waals surface area (Å²) in [6.45, 7) is 0. The summed E-state index contributed by atoms with van der Waals surface area (Å²) in [5.74, 6) is 6.86. The lowest BCUT2D eigenvalue weighted by Crippen LogP contribution is -2.11. The topological polar surface area (TPSA) is 95.2 Å². The molecule has 0 bridgehead atoms. The molecular weight excluding hydrogens is 270 g/mol. The molecule has 0 amide bonds. The Balaban J connectivity index is 1.98. The molecule has 3 aromatic rings. The number of para-hydroxylation sites is 1. The van der Waals surface area contributed by atoms with E-state index in [1.165, 1.54) is 13.4 Å². The van der Waals surface area contributed by atoms with E-state index in [4.69, 9.17) is 15.3 Å². The van der Waals surface area contributed by atoms with Crippen LogP contribution in [0, 0.1) is 0 Å². The molecule has 0 saturated heterocycles. The lowest BCUT2D eigenvalue weighted by molar-refractivity contribution is 0.368.